The average molecular weight is 250 g/mol. The molecule has 1 aromatic rings. The highest BCUT2D eigenvalue weighted by Crippen LogP contribution is 2.17. The molecule has 3 nitrogen and oxygen atoms in total. The molecule has 100 valence electrons. The Balaban J connectivity index is 2.74. The van der Waals surface area contributed by atoms with Crippen LogP contribution < -0.4 is 0 Å². The van der Waals surface area contributed by atoms with Gasteiger partial charge in [0.15, 0.2) is 6.10 Å². The Bertz CT molecular complexity index is 378. The van der Waals surface area contributed by atoms with Gasteiger partial charge in [0, 0.05) is 13.0 Å². The molecular formula is C15H22O3. The first-order chi connectivity index (χ1) is 8.56. The predicted molar refractivity (Wildman–Crippen MR) is 71.9 cm³/mol. The van der Waals surface area contributed by atoms with Crippen LogP contribution in [0.5, 0.6) is 0 Å². The summed E-state index contributed by atoms with van der Waals surface area (Å²) in [6, 6.07) is 6.00. The van der Waals surface area contributed by atoms with Crippen LogP contribution in [0.3, 0.4) is 0 Å². The maximum absolute atomic E-state index is 11.2. The summed E-state index contributed by atoms with van der Waals surface area (Å²) in [6.07, 6.45) is 1.61. The van der Waals surface area contributed by atoms with Crippen LogP contribution >= 0.6 is 0 Å². The number of carbonyl (C=O) groups is 1. The molecule has 0 aliphatic rings. The van der Waals surface area contributed by atoms with E-state index in [0.717, 1.165) is 29.5 Å². The first-order valence-electron chi connectivity index (χ1n) is 6.45. The second-order valence-electron chi connectivity index (χ2n) is 4.63. The van der Waals surface area contributed by atoms with Gasteiger partial charge in [-0.15, -0.1) is 0 Å². The third-order valence-electron chi connectivity index (χ3n) is 3.13. The lowest BCUT2D eigenvalue weighted by molar-refractivity contribution is -0.150. The van der Waals surface area contributed by atoms with Crippen molar-refractivity contribution >= 4 is 5.97 Å². The number of hydrogen-bond donors (Lipinski definition) is 1. The molecule has 0 aliphatic heterocycles. The summed E-state index contributed by atoms with van der Waals surface area (Å²) in [5, 5.41) is 9.19. The standard InChI is InChI=1S/C15H22O3/c1-4-5-9-18-14(15(16)17)10-13-11(2)7-6-8-12(13)3/h6-8,14H,4-5,9-10H2,1-3H3,(H,16,17). The minimum absolute atomic E-state index is 0.442. The van der Waals surface area contributed by atoms with Crippen molar-refractivity contribution in [2.24, 2.45) is 0 Å². The van der Waals surface area contributed by atoms with Crippen LogP contribution in [0.25, 0.3) is 0 Å². The predicted octanol–water partition coefficient (Wildman–Crippen LogP) is 3.12. The summed E-state index contributed by atoms with van der Waals surface area (Å²) in [4.78, 5) is 11.2. The Morgan fingerprint density at radius 1 is 1.33 bits per heavy atom. The fourth-order valence-electron chi connectivity index (χ4n) is 1.94. The van der Waals surface area contributed by atoms with Gasteiger partial charge in [0.1, 0.15) is 0 Å². The van der Waals surface area contributed by atoms with Crippen molar-refractivity contribution < 1.29 is 14.6 Å². The molecule has 0 amide bonds. The van der Waals surface area contributed by atoms with Gasteiger partial charge >= 0.3 is 5.97 Å². The molecule has 0 saturated heterocycles. The van der Waals surface area contributed by atoms with Gasteiger partial charge in [-0.2, -0.15) is 0 Å². The second-order valence-corrected chi connectivity index (χ2v) is 4.63. The third kappa shape index (κ3) is 4.15. The highest BCUT2D eigenvalue weighted by atomic mass is 16.5. The van der Waals surface area contributed by atoms with Crippen LogP contribution in [0.15, 0.2) is 18.2 Å². The molecule has 1 rings (SSSR count). The summed E-state index contributed by atoms with van der Waals surface area (Å²) in [7, 11) is 0. The lowest BCUT2D eigenvalue weighted by Gasteiger charge is -2.16. The fourth-order valence-corrected chi connectivity index (χ4v) is 1.94. The van der Waals surface area contributed by atoms with E-state index in [1.165, 1.54) is 0 Å². The smallest absolute Gasteiger partial charge is 0.333 e. The van der Waals surface area contributed by atoms with E-state index in [9.17, 15) is 9.90 Å². The highest BCUT2D eigenvalue weighted by Gasteiger charge is 2.20. The Kier molecular flexibility index (Phi) is 5.86. The zero-order valence-corrected chi connectivity index (χ0v) is 11.4. The summed E-state index contributed by atoms with van der Waals surface area (Å²) in [6.45, 7) is 6.59. The first-order valence-corrected chi connectivity index (χ1v) is 6.45. The number of unbranched alkanes of at least 4 members (excludes halogenated alkanes) is 1. The molecule has 0 saturated carbocycles. The molecule has 0 fully saturated rings. The van der Waals surface area contributed by atoms with E-state index in [4.69, 9.17) is 4.74 Å². The van der Waals surface area contributed by atoms with Gasteiger partial charge in [-0.25, -0.2) is 4.79 Å². The normalized spacial score (nSPS) is 12.4. The molecule has 1 N–H and O–H groups in total. The third-order valence-corrected chi connectivity index (χ3v) is 3.13. The topological polar surface area (TPSA) is 46.5 Å². The van der Waals surface area contributed by atoms with Crippen molar-refractivity contribution in [3.8, 4) is 0 Å². The largest absolute Gasteiger partial charge is 0.479 e. The number of carboxylic acids is 1. The van der Waals surface area contributed by atoms with E-state index < -0.39 is 12.1 Å². The molecule has 0 aliphatic carbocycles. The first kappa shape index (κ1) is 14.7. The maximum Gasteiger partial charge on any atom is 0.333 e. The molecule has 1 aromatic carbocycles. The quantitative estimate of drug-likeness (QED) is 0.756. The number of ether oxygens (including phenoxy) is 1. The van der Waals surface area contributed by atoms with E-state index in [2.05, 4.69) is 6.92 Å². The van der Waals surface area contributed by atoms with Crippen LogP contribution in [0.2, 0.25) is 0 Å². The zero-order chi connectivity index (χ0) is 13.5. The molecule has 18 heavy (non-hydrogen) atoms. The number of aliphatic carboxylic acids is 1. The monoisotopic (exact) mass is 250 g/mol. The molecule has 0 radical (unpaired) electrons. The van der Waals surface area contributed by atoms with Crippen LogP contribution in [0.4, 0.5) is 0 Å². The highest BCUT2D eigenvalue weighted by molar-refractivity contribution is 5.73. The molecule has 0 bridgehead atoms. The average Bonchev–Trinajstić information content (AvgIpc) is 2.31. The van der Waals surface area contributed by atoms with Crippen LogP contribution in [-0.4, -0.2) is 23.8 Å². The lowest BCUT2D eigenvalue weighted by Crippen LogP contribution is -2.27. The number of aryl methyl sites for hydroxylation is 2. The van der Waals surface area contributed by atoms with Crippen molar-refractivity contribution in [2.75, 3.05) is 6.61 Å². The molecule has 3 heteroatoms. The molecule has 0 aromatic heterocycles. The summed E-state index contributed by atoms with van der Waals surface area (Å²) >= 11 is 0. The number of hydrogen-bond acceptors (Lipinski definition) is 2. The summed E-state index contributed by atoms with van der Waals surface area (Å²) < 4.78 is 5.46. The molecule has 1 unspecified atom stereocenters. The van der Waals surface area contributed by atoms with Gasteiger partial charge in [0.05, 0.1) is 0 Å². The minimum atomic E-state index is -0.881. The minimum Gasteiger partial charge on any atom is -0.479 e. The van der Waals surface area contributed by atoms with E-state index in [0.29, 0.717) is 13.0 Å². The van der Waals surface area contributed by atoms with Gasteiger partial charge in [0.2, 0.25) is 0 Å². The molecule has 0 heterocycles. The van der Waals surface area contributed by atoms with Crippen molar-refractivity contribution in [3.63, 3.8) is 0 Å². The fraction of sp³-hybridized carbons (Fsp3) is 0.533. The summed E-state index contributed by atoms with van der Waals surface area (Å²) in [5.74, 6) is -0.881. The Labute approximate surface area is 109 Å². The summed E-state index contributed by atoms with van der Waals surface area (Å²) in [5.41, 5.74) is 3.34. The van der Waals surface area contributed by atoms with Gasteiger partial charge in [-0.3, -0.25) is 0 Å². The second kappa shape index (κ2) is 7.17. The Hall–Kier alpha value is -1.35. The van der Waals surface area contributed by atoms with E-state index in [-0.39, 0.29) is 0 Å². The lowest BCUT2D eigenvalue weighted by atomic mass is 9.97. The van der Waals surface area contributed by atoms with Crippen LogP contribution in [0.1, 0.15) is 36.5 Å². The van der Waals surface area contributed by atoms with Gasteiger partial charge in [-0.05, 0) is 37.0 Å². The maximum atomic E-state index is 11.2. The van der Waals surface area contributed by atoms with E-state index >= 15 is 0 Å². The van der Waals surface area contributed by atoms with E-state index in [1.807, 2.05) is 32.0 Å². The van der Waals surface area contributed by atoms with Crippen molar-refractivity contribution in [2.45, 2.75) is 46.1 Å². The van der Waals surface area contributed by atoms with Crippen molar-refractivity contribution in [1.82, 2.24) is 0 Å². The Morgan fingerprint density at radius 3 is 2.44 bits per heavy atom. The number of benzene rings is 1. The van der Waals surface area contributed by atoms with E-state index in [1.54, 1.807) is 0 Å². The van der Waals surface area contributed by atoms with Crippen molar-refractivity contribution in [1.29, 1.82) is 0 Å². The Morgan fingerprint density at radius 2 is 1.94 bits per heavy atom. The van der Waals surface area contributed by atoms with Crippen molar-refractivity contribution in [3.05, 3.63) is 34.9 Å². The van der Waals surface area contributed by atoms with Crippen LogP contribution in [0, 0.1) is 13.8 Å². The zero-order valence-electron chi connectivity index (χ0n) is 11.4. The molecule has 1 atom stereocenters. The number of rotatable bonds is 7. The van der Waals surface area contributed by atoms with Gasteiger partial charge in [-0.1, -0.05) is 31.5 Å². The SMILES string of the molecule is CCCCOC(Cc1c(C)cccc1C)C(=O)O. The molecule has 0 spiro atoms. The van der Waals surface area contributed by atoms with Gasteiger partial charge < -0.3 is 9.84 Å². The molecular weight excluding hydrogens is 228 g/mol. The van der Waals surface area contributed by atoms with Crippen LogP contribution in [-0.2, 0) is 16.0 Å². The number of carboxylic acid groups (broad SMARTS) is 1. The van der Waals surface area contributed by atoms with Gasteiger partial charge in [0.25, 0.3) is 0 Å².